The van der Waals surface area contributed by atoms with Gasteiger partial charge in [-0.1, -0.05) is 11.6 Å². The molecule has 2 aromatic heterocycles. The van der Waals surface area contributed by atoms with Crippen LogP contribution in [0.25, 0.3) is 11.0 Å². The normalized spacial score (nSPS) is 25.4. The fourth-order valence-electron chi connectivity index (χ4n) is 2.53. The van der Waals surface area contributed by atoms with Crippen LogP contribution in [0.5, 0.6) is 0 Å². The molecule has 150 valence electrons. The van der Waals surface area contributed by atoms with Gasteiger partial charge in [0, 0.05) is 20.3 Å². The first-order valence-corrected chi connectivity index (χ1v) is 8.72. The molecule has 27 heavy (non-hydrogen) atoms. The lowest BCUT2D eigenvalue weighted by atomic mass is 10.2. The Morgan fingerprint density at radius 2 is 2.07 bits per heavy atom. The Balaban J connectivity index is 0.000000158. The molecule has 0 amide bonds. The lowest BCUT2D eigenvalue weighted by molar-refractivity contribution is -0.174. The Morgan fingerprint density at radius 1 is 1.37 bits per heavy atom. The number of aromatic nitrogens is 3. The van der Waals surface area contributed by atoms with Crippen LogP contribution in [0.4, 0.5) is 0 Å². The second kappa shape index (κ2) is 9.54. The quantitative estimate of drug-likeness (QED) is 0.463. The lowest BCUT2D eigenvalue weighted by Crippen LogP contribution is -2.30. The molecule has 2 saturated heterocycles. The van der Waals surface area contributed by atoms with Gasteiger partial charge < -0.3 is 28.8 Å². The van der Waals surface area contributed by atoms with Gasteiger partial charge in [0.2, 0.25) is 0 Å². The van der Waals surface area contributed by atoms with E-state index < -0.39 is 11.9 Å². The number of hydroxylamine groups is 2. The van der Waals surface area contributed by atoms with E-state index in [-0.39, 0.29) is 12.2 Å². The van der Waals surface area contributed by atoms with Crippen molar-refractivity contribution in [1.29, 1.82) is 0 Å². The zero-order valence-electron chi connectivity index (χ0n) is 16.0. The van der Waals surface area contributed by atoms with Crippen LogP contribution in [0.2, 0.25) is 5.15 Å². The molecule has 4 heterocycles. The number of aldehydes is 1. The van der Waals surface area contributed by atoms with Crippen molar-refractivity contribution in [3.05, 3.63) is 23.7 Å². The van der Waals surface area contributed by atoms with E-state index in [4.69, 9.17) is 25.8 Å². The zero-order chi connectivity index (χ0) is 20.0. The maximum atomic E-state index is 10.5. The lowest BCUT2D eigenvalue weighted by Gasteiger charge is -2.19. The van der Waals surface area contributed by atoms with E-state index in [1.165, 1.54) is 6.33 Å². The van der Waals surface area contributed by atoms with Gasteiger partial charge in [-0.15, -0.1) is 0 Å². The van der Waals surface area contributed by atoms with E-state index in [0.29, 0.717) is 11.8 Å². The highest BCUT2D eigenvalue weighted by Crippen LogP contribution is 2.34. The summed E-state index contributed by atoms with van der Waals surface area (Å²) in [7, 11) is 5.29. The molecule has 0 bridgehead atoms. The molecule has 9 nitrogen and oxygen atoms in total. The van der Waals surface area contributed by atoms with Crippen molar-refractivity contribution >= 4 is 28.9 Å². The Hall–Kier alpha value is -1.62. The average molecular weight is 401 g/mol. The highest BCUT2D eigenvalue weighted by atomic mass is 35.5. The summed E-state index contributed by atoms with van der Waals surface area (Å²) in [6.07, 6.45) is 3.26. The number of nitrogens with zero attached hydrogens (tertiary/aromatic N) is 3. The molecular formula is C17H25ClN4O5. The van der Waals surface area contributed by atoms with Gasteiger partial charge in [0.1, 0.15) is 35.4 Å². The summed E-state index contributed by atoms with van der Waals surface area (Å²) in [5.74, 6) is -0.569. The second-order valence-corrected chi connectivity index (χ2v) is 6.83. The number of ether oxygens (including phenoxy) is 3. The van der Waals surface area contributed by atoms with E-state index in [2.05, 4.69) is 19.8 Å². The third kappa shape index (κ3) is 5.93. The summed E-state index contributed by atoms with van der Waals surface area (Å²) in [6.45, 7) is 4.14. The predicted molar refractivity (Wildman–Crippen MR) is 99.2 cm³/mol. The molecule has 3 atom stereocenters. The number of carbonyl (C=O) groups is 1. The first-order valence-electron chi connectivity index (χ1n) is 8.35. The fourth-order valence-corrected chi connectivity index (χ4v) is 2.72. The van der Waals surface area contributed by atoms with Crippen molar-refractivity contribution in [1.82, 2.24) is 20.0 Å². The van der Waals surface area contributed by atoms with Crippen LogP contribution in [0.1, 0.15) is 13.8 Å². The first kappa shape index (κ1) is 21.7. The maximum Gasteiger partial charge on any atom is 0.164 e. The third-order valence-corrected chi connectivity index (χ3v) is 4.10. The minimum Gasteiger partial charge on any atom is -0.365 e. The Morgan fingerprint density at radius 3 is 2.67 bits per heavy atom. The summed E-state index contributed by atoms with van der Waals surface area (Å²) in [5.41, 5.74) is 0.778. The number of H-pyrrole nitrogens is 1. The standard InChI is InChI=1S/C8H12O4.C6H4ClN3.C3H9NO/c1-8(2)11-6-4-10-5(3-9)7(6)12-8;7-5-4-1-2-8-6(4)10-3-9-5;1-4(2)5-3/h3,5-7H,4H2,1-2H3;1-3H,(H,8,9,10);1-3H3. The van der Waals surface area contributed by atoms with Gasteiger partial charge in [-0.2, -0.15) is 5.06 Å². The van der Waals surface area contributed by atoms with Crippen LogP contribution >= 0.6 is 11.6 Å². The molecule has 10 heteroatoms. The number of aromatic amines is 1. The van der Waals surface area contributed by atoms with Crippen molar-refractivity contribution in [3.8, 4) is 0 Å². The summed E-state index contributed by atoms with van der Waals surface area (Å²) < 4.78 is 16.1. The SMILES string of the molecule is CC1(C)OC2COC(C=O)C2O1.CON(C)C.Clc1ncnc2[nH]ccc12. The molecule has 2 aromatic rings. The van der Waals surface area contributed by atoms with Gasteiger partial charge >= 0.3 is 0 Å². The highest BCUT2D eigenvalue weighted by Gasteiger charge is 2.49. The fraction of sp³-hybridized carbons (Fsp3) is 0.588. The first-order chi connectivity index (χ1) is 12.8. The van der Waals surface area contributed by atoms with E-state index in [1.807, 2.05) is 34.0 Å². The smallest absolute Gasteiger partial charge is 0.164 e. The van der Waals surface area contributed by atoms with E-state index in [1.54, 1.807) is 18.4 Å². The largest absolute Gasteiger partial charge is 0.365 e. The number of nitrogens with one attached hydrogen (secondary N) is 1. The number of halogens is 1. The number of hydrogen-bond donors (Lipinski definition) is 1. The molecule has 2 fully saturated rings. The molecule has 2 aliphatic rings. The van der Waals surface area contributed by atoms with Crippen molar-refractivity contribution in [2.75, 3.05) is 27.8 Å². The topological polar surface area (TPSA) is 98.8 Å². The molecule has 0 radical (unpaired) electrons. The van der Waals surface area contributed by atoms with Crippen LogP contribution in [0.3, 0.4) is 0 Å². The van der Waals surface area contributed by atoms with E-state index in [0.717, 1.165) is 17.3 Å². The second-order valence-electron chi connectivity index (χ2n) is 6.47. The Kier molecular flexibility index (Phi) is 7.66. The van der Waals surface area contributed by atoms with E-state index in [9.17, 15) is 4.79 Å². The average Bonchev–Trinajstić information content (AvgIpc) is 3.30. The van der Waals surface area contributed by atoms with Crippen LogP contribution < -0.4 is 0 Å². The third-order valence-electron chi connectivity index (χ3n) is 3.80. The van der Waals surface area contributed by atoms with Crippen molar-refractivity contribution < 1.29 is 23.8 Å². The maximum absolute atomic E-state index is 10.5. The molecule has 0 aromatic carbocycles. The van der Waals surface area contributed by atoms with Gasteiger partial charge in [-0.05, 0) is 19.9 Å². The number of hydrogen-bond acceptors (Lipinski definition) is 8. The van der Waals surface area contributed by atoms with E-state index >= 15 is 0 Å². The molecule has 1 N–H and O–H groups in total. The molecule has 0 spiro atoms. The summed E-state index contributed by atoms with van der Waals surface area (Å²) in [6, 6.07) is 1.84. The van der Waals surface area contributed by atoms with Crippen molar-refractivity contribution in [3.63, 3.8) is 0 Å². The highest BCUT2D eigenvalue weighted by molar-refractivity contribution is 6.33. The molecular weight excluding hydrogens is 376 g/mol. The van der Waals surface area contributed by atoms with Crippen LogP contribution in [0.15, 0.2) is 18.6 Å². The van der Waals surface area contributed by atoms with Crippen LogP contribution in [0, 0.1) is 0 Å². The molecule has 4 rings (SSSR count). The van der Waals surface area contributed by atoms with Crippen molar-refractivity contribution in [2.24, 2.45) is 0 Å². The summed E-state index contributed by atoms with van der Waals surface area (Å²) >= 11 is 5.73. The van der Waals surface area contributed by atoms with Gasteiger partial charge in [-0.25, -0.2) is 9.97 Å². The monoisotopic (exact) mass is 400 g/mol. The van der Waals surface area contributed by atoms with Crippen molar-refractivity contribution in [2.45, 2.75) is 37.9 Å². The van der Waals surface area contributed by atoms with Crippen LogP contribution in [-0.2, 0) is 23.8 Å². The van der Waals surface area contributed by atoms with Gasteiger partial charge in [0.05, 0.1) is 19.1 Å². The molecule has 2 aliphatic heterocycles. The molecule has 3 unspecified atom stereocenters. The number of rotatable bonds is 2. The molecule has 0 saturated carbocycles. The predicted octanol–water partition coefficient (Wildman–Crippen LogP) is 1.82. The van der Waals surface area contributed by atoms with Gasteiger partial charge in [0.15, 0.2) is 12.1 Å². The minimum atomic E-state index is -0.569. The van der Waals surface area contributed by atoms with Gasteiger partial charge in [-0.3, -0.25) is 0 Å². The summed E-state index contributed by atoms with van der Waals surface area (Å²) in [4.78, 5) is 25.8. The number of carbonyl (C=O) groups excluding carboxylic acids is 1. The Bertz CT molecular complexity index is 739. The van der Waals surface area contributed by atoms with Gasteiger partial charge in [0.25, 0.3) is 0 Å². The summed E-state index contributed by atoms with van der Waals surface area (Å²) in [5, 5.41) is 2.98. The molecule has 0 aliphatic carbocycles. The Labute approximate surface area is 162 Å². The van der Waals surface area contributed by atoms with Crippen LogP contribution in [-0.4, -0.2) is 78.2 Å². The zero-order valence-corrected chi connectivity index (χ0v) is 16.8. The number of fused-ring (bicyclic) bond motifs is 2. The minimum absolute atomic E-state index is 0.0739.